The van der Waals surface area contributed by atoms with Crippen molar-refractivity contribution >= 4 is 6.09 Å². The maximum Gasteiger partial charge on any atom is 0.410 e. The SMILES string of the molecule is CC(C)(C)OC(=O)N1C2COCC23CC(CC#N)C13. The third-order valence-electron chi connectivity index (χ3n) is 4.58. The van der Waals surface area contributed by atoms with Crippen molar-refractivity contribution in [3.8, 4) is 6.07 Å². The summed E-state index contributed by atoms with van der Waals surface area (Å²) >= 11 is 0. The maximum absolute atomic E-state index is 12.3. The van der Waals surface area contributed by atoms with Gasteiger partial charge in [0.25, 0.3) is 0 Å². The molecule has 0 aromatic heterocycles. The van der Waals surface area contributed by atoms with E-state index < -0.39 is 5.60 Å². The normalized spacial score (nSPS) is 39.5. The van der Waals surface area contributed by atoms with Gasteiger partial charge in [0.1, 0.15) is 5.60 Å². The van der Waals surface area contributed by atoms with Crippen LogP contribution in [0.5, 0.6) is 0 Å². The van der Waals surface area contributed by atoms with E-state index in [1.165, 1.54) is 0 Å². The van der Waals surface area contributed by atoms with Crippen molar-refractivity contribution in [1.29, 1.82) is 5.26 Å². The molecule has 4 unspecified atom stereocenters. The Morgan fingerprint density at radius 2 is 2.32 bits per heavy atom. The van der Waals surface area contributed by atoms with Crippen LogP contribution in [-0.4, -0.2) is 41.9 Å². The number of amides is 1. The first-order valence-electron chi connectivity index (χ1n) is 6.85. The van der Waals surface area contributed by atoms with E-state index in [0.29, 0.717) is 13.0 Å². The Hall–Kier alpha value is -1.28. The maximum atomic E-state index is 12.3. The van der Waals surface area contributed by atoms with Gasteiger partial charge in [0, 0.05) is 17.9 Å². The van der Waals surface area contributed by atoms with E-state index in [0.717, 1.165) is 13.0 Å². The highest BCUT2D eigenvalue weighted by Gasteiger charge is 2.74. The van der Waals surface area contributed by atoms with Gasteiger partial charge in [-0.25, -0.2) is 4.79 Å². The van der Waals surface area contributed by atoms with Crippen molar-refractivity contribution in [3.05, 3.63) is 0 Å². The molecular weight excluding hydrogens is 244 g/mol. The molecule has 3 fully saturated rings. The Morgan fingerprint density at radius 3 is 2.95 bits per heavy atom. The highest BCUT2D eigenvalue weighted by Crippen LogP contribution is 2.64. The summed E-state index contributed by atoms with van der Waals surface area (Å²) in [5.74, 6) is 0.287. The number of hydrogen-bond acceptors (Lipinski definition) is 4. The van der Waals surface area contributed by atoms with Crippen LogP contribution in [0.3, 0.4) is 0 Å². The molecule has 0 N–H and O–H groups in total. The van der Waals surface area contributed by atoms with Crippen LogP contribution < -0.4 is 0 Å². The van der Waals surface area contributed by atoms with Crippen molar-refractivity contribution in [2.24, 2.45) is 11.3 Å². The largest absolute Gasteiger partial charge is 0.444 e. The molecule has 0 aromatic carbocycles. The topological polar surface area (TPSA) is 62.6 Å². The van der Waals surface area contributed by atoms with Gasteiger partial charge in [-0.05, 0) is 33.1 Å². The summed E-state index contributed by atoms with van der Waals surface area (Å²) < 4.78 is 11.0. The summed E-state index contributed by atoms with van der Waals surface area (Å²) in [7, 11) is 0. The molecule has 1 amide bonds. The Bertz CT molecular complexity index is 451. The van der Waals surface area contributed by atoms with Gasteiger partial charge in [-0.2, -0.15) is 5.26 Å². The average molecular weight is 264 g/mol. The lowest BCUT2D eigenvalue weighted by Gasteiger charge is -2.69. The molecule has 2 heterocycles. The molecule has 0 radical (unpaired) electrons. The number of nitriles is 1. The predicted molar refractivity (Wildman–Crippen MR) is 67.2 cm³/mol. The first-order valence-corrected chi connectivity index (χ1v) is 6.85. The van der Waals surface area contributed by atoms with Crippen LogP contribution in [0.4, 0.5) is 4.79 Å². The molecule has 2 aliphatic heterocycles. The predicted octanol–water partition coefficient (Wildman–Crippen LogP) is 1.92. The fourth-order valence-corrected chi connectivity index (χ4v) is 3.96. The Labute approximate surface area is 113 Å². The molecule has 19 heavy (non-hydrogen) atoms. The van der Waals surface area contributed by atoms with Crippen LogP contribution in [0.15, 0.2) is 0 Å². The van der Waals surface area contributed by atoms with Crippen LogP contribution in [0.2, 0.25) is 0 Å². The molecule has 3 rings (SSSR count). The monoisotopic (exact) mass is 264 g/mol. The first-order chi connectivity index (χ1) is 8.89. The summed E-state index contributed by atoms with van der Waals surface area (Å²) in [6, 6.07) is 2.52. The number of carbonyl (C=O) groups is 1. The minimum absolute atomic E-state index is 0.123. The van der Waals surface area contributed by atoms with Gasteiger partial charge in [-0.15, -0.1) is 0 Å². The lowest BCUT2D eigenvalue weighted by molar-refractivity contribution is -0.203. The van der Waals surface area contributed by atoms with Crippen LogP contribution in [0, 0.1) is 22.7 Å². The fourth-order valence-electron chi connectivity index (χ4n) is 3.96. The molecule has 1 aliphatic carbocycles. The van der Waals surface area contributed by atoms with Crippen LogP contribution >= 0.6 is 0 Å². The van der Waals surface area contributed by atoms with Gasteiger partial charge in [0.05, 0.1) is 25.3 Å². The molecule has 104 valence electrons. The Morgan fingerprint density at radius 1 is 1.58 bits per heavy atom. The lowest BCUT2D eigenvalue weighted by Crippen LogP contribution is -2.81. The first kappa shape index (κ1) is 12.7. The summed E-state index contributed by atoms with van der Waals surface area (Å²) in [4.78, 5) is 14.1. The lowest BCUT2D eigenvalue weighted by atomic mass is 9.48. The van der Waals surface area contributed by atoms with Crippen molar-refractivity contribution < 1.29 is 14.3 Å². The Kier molecular flexibility index (Phi) is 2.59. The van der Waals surface area contributed by atoms with Crippen molar-refractivity contribution in [2.45, 2.75) is 51.3 Å². The minimum atomic E-state index is -0.483. The van der Waals surface area contributed by atoms with Gasteiger partial charge in [0.15, 0.2) is 0 Å². The van der Waals surface area contributed by atoms with E-state index in [-0.39, 0.29) is 29.5 Å². The third kappa shape index (κ3) is 1.66. The van der Waals surface area contributed by atoms with E-state index in [1.807, 2.05) is 25.7 Å². The summed E-state index contributed by atoms with van der Waals surface area (Å²) in [6.07, 6.45) is 1.26. The van der Waals surface area contributed by atoms with E-state index in [1.54, 1.807) is 0 Å². The minimum Gasteiger partial charge on any atom is -0.444 e. The van der Waals surface area contributed by atoms with Gasteiger partial charge in [-0.3, -0.25) is 4.90 Å². The number of likely N-dealkylation sites (tertiary alicyclic amines) is 1. The van der Waals surface area contributed by atoms with Crippen LogP contribution in [0.25, 0.3) is 0 Å². The molecule has 5 heteroatoms. The number of rotatable bonds is 1. The molecule has 4 atom stereocenters. The fraction of sp³-hybridized carbons (Fsp3) is 0.857. The second kappa shape index (κ2) is 3.86. The third-order valence-corrected chi connectivity index (χ3v) is 4.58. The quantitative estimate of drug-likeness (QED) is 0.726. The van der Waals surface area contributed by atoms with Crippen molar-refractivity contribution in [2.75, 3.05) is 13.2 Å². The van der Waals surface area contributed by atoms with Crippen molar-refractivity contribution in [1.82, 2.24) is 4.90 Å². The number of piperidine rings is 1. The van der Waals surface area contributed by atoms with Gasteiger partial charge in [0.2, 0.25) is 0 Å². The number of carbonyl (C=O) groups excluding carboxylic acids is 1. The molecule has 2 saturated heterocycles. The van der Waals surface area contributed by atoms with Gasteiger partial charge in [-0.1, -0.05) is 0 Å². The molecule has 1 spiro atoms. The van der Waals surface area contributed by atoms with Crippen molar-refractivity contribution in [3.63, 3.8) is 0 Å². The van der Waals surface area contributed by atoms with Gasteiger partial charge < -0.3 is 9.47 Å². The number of nitrogens with zero attached hydrogens (tertiary/aromatic N) is 2. The molecular formula is C14H20N2O3. The Balaban J connectivity index is 1.75. The second-order valence-corrected chi connectivity index (χ2v) is 6.92. The molecule has 1 saturated carbocycles. The smallest absolute Gasteiger partial charge is 0.410 e. The highest BCUT2D eigenvalue weighted by molar-refractivity contribution is 5.72. The highest BCUT2D eigenvalue weighted by atomic mass is 16.6. The van der Waals surface area contributed by atoms with E-state index >= 15 is 0 Å². The molecule has 5 nitrogen and oxygen atoms in total. The summed E-state index contributed by atoms with van der Waals surface area (Å²) in [6.45, 7) is 6.95. The van der Waals surface area contributed by atoms with Gasteiger partial charge >= 0.3 is 6.09 Å². The summed E-state index contributed by atoms with van der Waals surface area (Å²) in [5, 5.41) is 8.86. The zero-order valence-corrected chi connectivity index (χ0v) is 11.7. The van der Waals surface area contributed by atoms with E-state index in [9.17, 15) is 4.79 Å². The number of hydrogen-bond donors (Lipinski definition) is 0. The van der Waals surface area contributed by atoms with Crippen LogP contribution in [0.1, 0.15) is 33.6 Å². The summed E-state index contributed by atoms with van der Waals surface area (Å²) in [5.41, 5.74) is -0.359. The molecule has 3 aliphatic rings. The van der Waals surface area contributed by atoms with E-state index in [4.69, 9.17) is 14.7 Å². The van der Waals surface area contributed by atoms with Crippen LogP contribution in [-0.2, 0) is 9.47 Å². The number of ether oxygens (including phenoxy) is 2. The standard InChI is InChI=1S/C14H20N2O3/c1-13(2,3)19-12(17)16-10-7-18-8-14(10)6-9(4-5-15)11(14)16/h9-11H,4,6-8H2,1-3H3. The molecule has 0 bridgehead atoms. The second-order valence-electron chi connectivity index (χ2n) is 6.92. The van der Waals surface area contributed by atoms with E-state index in [2.05, 4.69) is 6.07 Å². The zero-order valence-electron chi connectivity index (χ0n) is 11.7. The molecule has 0 aromatic rings. The zero-order chi connectivity index (χ0) is 13.8. The average Bonchev–Trinajstić information content (AvgIpc) is 2.64.